The molecule has 2 aliphatic carbocycles. The van der Waals surface area contributed by atoms with Crippen molar-refractivity contribution in [2.45, 2.75) is 89.8 Å². The van der Waals surface area contributed by atoms with E-state index in [0.29, 0.717) is 5.71 Å². The van der Waals surface area contributed by atoms with Crippen LogP contribution in [0.25, 0.3) is 44.6 Å². The van der Waals surface area contributed by atoms with Crippen molar-refractivity contribution < 1.29 is 24.5 Å². The van der Waals surface area contributed by atoms with E-state index in [4.69, 9.17) is 9.40 Å². The van der Waals surface area contributed by atoms with Crippen molar-refractivity contribution >= 4 is 35.3 Å². The minimum atomic E-state index is -1.34. The Hall–Kier alpha value is -3.44. The quantitative estimate of drug-likeness (QED) is 0.124. The Morgan fingerprint density at radius 1 is 0.771 bits per heavy atom. The molecule has 0 N–H and O–H groups in total. The maximum absolute atomic E-state index is 5.80. The van der Waals surface area contributed by atoms with Crippen LogP contribution in [0, 0.1) is 18.2 Å². The largest absolute Gasteiger partial charge is 0.483 e. The van der Waals surface area contributed by atoms with Gasteiger partial charge in [0.25, 0.3) is 0 Å². The van der Waals surface area contributed by atoms with Crippen molar-refractivity contribution in [2.24, 2.45) is 5.92 Å². The summed E-state index contributed by atoms with van der Waals surface area (Å²) in [5.74, 6) is 1.57. The number of aromatic nitrogens is 3. The van der Waals surface area contributed by atoms with Gasteiger partial charge in [0, 0.05) is 37.9 Å². The molecule has 8 rings (SSSR count). The van der Waals surface area contributed by atoms with Gasteiger partial charge in [0.2, 0.25) is 0 Å². The fourth-order valence-electron chi connectivity index (χ4n) is 7.54. The molecular formula is C42H45IrN3OSi-2. The molecule has 2 saturated carbocycles. The van der Waals surface area contributed by atoms with Crippen molar-refractivity contribution in [1.82, 2.24) is 15.0 Å². The minimum Gasteiger partial charge on any atom is -0.483 e. The predicted octanol–water partition coefficient (Wildman–Crippen LogP) is 10.7. The summed E-state index contributed by atoms with van der Waals surface area (Å²) in [5, 5.41) is 3.66. The first-order chi connectivity index (χ1) is 22.9. The average molecular weight is 828 g/mol. The molecule has 0 amide bonds. The normalized spacial score (nSPS) is 15.6. The summed E-state index contributed by atoms with van der Waals surface area (Å²) in [6, 6.07) is 28.3. The van der Waals surface area contributed by atoms with Crippen LogP contribution in [0.5, 0.6) is 0 Å². The Balaban J connectivity index is 0.000000168. The maximum atomic E-state index is 5.80. The average Bonchev–Trinajstić information content (AvgIpc) is 3.77. The molecule has 4 aromatic heterocycles. The van der Waals surface area contributed by atoms with Gasteiger partial charge >= 0.3 is 0 Å². The zero-order valence-electron chi connectivity index (χ0n) is 28.4. The number of hydrogen-bond donors (Lipinski definition) is 0. The molecule has 2 aromatic carbocycles. The molecule has 6 heteroatoms. The van der Waals surface area contributed by atoms with Gasteiger partial charge in [-0.05, 0) is 71.4 Å². The molecule has 0 unspecified atom stereocenters. The summed E-state index contributed by atoms with van der Waals surface area (Å²) in [6.45, 7) is 7.28. The smallest absolute Gasteiger partial charge is 0.141 e. The van der Waals surface area contributed by atoms with E-state index in [1.165, 1.54) is 63.4 Å². The van der Waals surface area contributed by atoms with Crippen LogP contribution in [0.15, 0.2) is 89.6 Å². The maximum Gasteiger partial charge on any atom is 0.141 e. The number of furan rings is 1. The van der Waals surface area contributed by atoms with Gasteiger partial charge in [-0.15, -0.1) is 47.5 Å². The minimum absolute atomic E-state index is 0. The number of nitrogens with zero attached hydrogens (tertiary/aromatic N) is 3. The number of hydrogen-bond acceptors (Lipinski definition) is 4. The third kappa shape index (κ3) is 7.88. The van der Waals surface area contributed by atoms with E-state index in [2.05, 4.69) is 90.5 Å². The number of para-hydroxylation sites is 1. The van der Waals surface area contributed by atoms with Crippen molar-refractivity contribution in [2.75, 3.05) is 0 Å². The standard InChI is InChI=1S/C23H21N2O.C19H24NSi.Ir/c1-2-6-16(7-3-1)12-17-10-11-24-21(13-17)18-14-20-19-8-4-5-9-22(19)26-23(20)25-15-18;1-21(2,3)19-14-20-18(16-11-5-4-6-12-16)13-17(19)15-9-7-8-10-15;/h4-5,8-11,13-14,16H,1-3,6-7,12H2;4-6,11,13-15H,7-10H2,1-3H3;/q2*-1;. The van der Waals surface area contributed by atoms with Gasteiger partial charge in [-0.1, -0.05) is 106 Å². The van der Waals surface area contributed by atoms with Gasteiger partial charge in [-0.2, -0.15) is 0 Å². The van der Waals surface area contributed by atoms with Crippen molar-refractivity contribution in [3.63, 3.8) is 0 Å². The van der Waals surface area contributed by atoms with Crippen LogP contribution in [-0.2, 0) is 26.5 Å². The molecule has 2 fully saturated rings. The monoisotopic (exact) mass is 828 g/mol. The molecule has 6 aromatic rings. The van der Waals surface area contributed by atoms with Crippen LogP contribution in [0.1, 0.15) is 74.8 Å². The summed E-state index contributed by atoms with van der Waals surface area (Å²) < 4.78 is 5.80. The third-order valence-corrected chi connectivity index (χ3v) is 12.1. The van der Waals surface area contributed by atoms with E-state index in [1.807, 2.05) is 36.5 Å². The molecule has 4 heterocycles. The van der Waals surface area contributed by atoms with Crippen molar-refractivity contribution in [1.29, 1.82) is 0 Å². The van der Waals surface area contributed by atoms with E-state index < -0.39 is 8.07 Å². The molecule has 0 aliphatic heterocycles. The summed E-state index contributed by atoms with van der Waals surface area (Å²) in [7, 11) is -1.34. The second-order valence-electron chi connectivity index (χ2n) is 14.5. The molecule has 249 valence electrons. The molecule has 48 heavy (non-hydrogen) atoms. The summed E-state index contributed by atoms with van der Waals surface area (Å²) in [5.41, 5.74) is 8.50. The van der Waals surface area contributed by atoms with Crippen molar-refractivity contribution in [3.8, 4) is 22.5 Å². The second kappa shape index (κ2) is 15.4. The van der Waals surface area contributed by atoms with Gasteiger partial charge in [0.05, 0.1) is 8.07 Å². The second-order valence-corrected chi connectivity index (χ2v) is 19.6. The first-order valence-electron chi connectivity index (χ1n) is 17.5. The van der Waals surface area contributed by atoms with Gasteiger partial charge in [0.1, 0.15) is 11.3 Å². The SMILES string of the molecule is C[Si](C)(C)c1cnc(-c2[c-]cccc2)cc1C1CCCC1.[Ir].[c-]1nc2oc3ccccc3c2cc1-c1cc(CC2CCCCC2)ccn1. The van der Waals surface area contributed by atoms with Crippen molar-refractivity contribution in [3.05, 3.63) is 109 Å². The number of fused-ring (bicyclic) bond motifs is 3. The van der Waals surface area contributed by atoms with E-state index in [1.54, 1.807) is 10.8 Å². The molecule has 2 aliphatic rings. The topological polar surface area (TPSA) is 51.8 Å². The van der Waals surface area contributed by atoms with Crippen LogP contribution in [0.2, 0.25) is 19.6 Å². The predicted molar refractivity (Wildman–Crippen MR) is 197 cm³/mol. The fraction of sp³-hybridized carbons (Fsp3) is 0.357. The van der Waals surface area contributed by atoms with E-state index >= 15 is 0 Å². The molecule has 0 saturated heterocycles. The molecule has 0 bridgehead atoms. The molecule has 4 nitrogen and oxygen atoms in total. The van der Waals surface area contributed by atoms with Crippen LogP contribution < -0.4 is 5.19 Å². The summed E-state index contributed by atoms with van der Waals surface area (Å²) >= 11 is 0. The van der Waals surface area contributed by atoms with E-state index in [9.17, 15) is 0 Å². The van der Waals surface area contributed by atoms with Crippen LogP contribution in [0.4, 0.5) is 0 Å². The van der Waals surface area contributed by atoms with Gasteiger partial charge in [-0.25, -0.2) is 0 Å². The number of benzene rings is 2. The van der Waals surface area contributed by atoms with Crippen LogP contribution in [0.3, 0.4) is 0 Å². The Morgan fingerprint density at radius 3 is 2.29 bits per heavy atom. The third-order valence-electron chi connectivity index (χ3n) is 10.1. The Labute approximate surface area is 300 Å². The zero-order valence-corrected chi connectivity index (χ0v) is 31.8. The van der Waals surface area contributed by atoms with E-state index in [-0.39, 0.29) is 20.1 Å². The van der Waals surface area contributed by atoms with Gasteiger partial charge < -0.3 is 19.4 Å². The van der Waals surface area contributed by atoms with Gasteiger partial charge in [0.15, 0.2) is 0 Å². The Kier molecular flexibility index (Phi) is 11.0. The molecule has 0 atom stereocenters. The first kappa shape index (κ1) is 34.4. The Bertz CT molecular complexity index is 1950. The fourth-order valence-corrected chi connectivity index (χ4v) is 9.13. The van der Waals surface area contributed by atoms with Crippen LogP contribution >= 0.6 is 0 Å². The first-order valence-corrected chi connectivity index (χ1v) is 21.0. The summed E-state index contributed by atoms with van der Waals surface area (Å²) in [4.78, 5) is 13.7. The summed E-state index contributed by atoms with van der Waals surface area (Å²) in [6.07, 6.45) is 20.7. The zero-order chi connectivity index (χ0) is 32.2. The number of rotatable bonds is 6. The number of pyridine rings is 3. The van der Waals surface area contributed by atoms with Gasteiger partial charge in [-0.3, -0.25) is 0 Å². The van der Waals surface area contributed by atoms with E-state index in [0.717, 1.165) is 57.1 Å². The molecular weight excluding hydrogens is 783 g/mol. The van der Waals surface area contributed by atoms with Crippen LogP contribution in [-0.4, -0.2) is 23.0 Å². The Morgan fingerprint density at radius 2 is 1.52 bits per heavy atom. The molecule has 0 spiro atoms. The molecule has 1 radical (unpaired) electrons.